The molecule has 2 aromatic heterocycles. The average Bonchev–Trinajstić information content (AvgIpc) is 3.64. The van der Waals surface area contributed by atoms with E-state index in [4.69, 9.17) is 15.1 Å². The van der Waals surface area contributed by atoms with Crippen LogP contribution < -0.4 is 16.3 Å². The number of benzene rings is 8. The summed E-state index contributed by atoms with van der Waals surface area (Å²) in [6.07, 6.45) is 1.97. The van der Waals surface area contributed by atoms with Crippen LogP contribution >= 0.6 is 0 Å². The van der Waals surface area contributed by atoms with Crippen molar-refractivity contribution < 1.29 is 4.42 Å². The lowest BCUT2D eigenvalue weighted by atomic mass is 9.90. The molecule has 0 bridgehead atoms. The zero-order valence-corrected chi connectivity index (χ0v) is 29.9. The van der Waals surface area contributed by atoms with E-state index >= 15 is 0 Å². The molecule has 0 aliphatic rings. The van der Waals surface area contributed by atoms with Gasteiger partial charge in [-0.15, -0.1) is 0 Å². The van der Waals surface area contributed by atoms with E-state index < -0.39 is 5.66 Å². The number of rotatable bonds is 8. The Hall–Kier alpha value is -7.28. The van der Waals surface area contributed by atoms with Gasteiger partial charge in [0.2, 0.25) is 0 Å². The molecule has 0 spiro atoms. The third-order valence-corrected chi connectivity index (χ3v) is 10.8. The number of anilines is 1. The topological polar surface area (TPSA) is 79.7 Å². The third kappa shape index (κ3) is 5.23. The molecule has 262 valence electrons. The molecule has 10 rings (SSSR count). The molecular weight excluding hydrogens is 675 g/mol. The molecule has 6 nitrogen and oxygen atoms in total. The predicted octanol–water partition coefficient (Wildman–Crippen LogP) is 11.6. The third-order valence-electron chi connectivity index (χ3n) is 10.8. The fraction of sp³-hybridized carbons (Fsp3) is 0.0204. The van der Waals surface area contributed by atoms with Gasteiger partial charge in [0.1, 0.15) is 11.2 Å². The standard InChI is InChI=1S/C49H35N5O/c1-51-53-54(49(50,35-13-4-2-5-14-35)36-15-6-3-7-16-36)45-21-12-22-47-48(45)43-30-33(25-28-46(43)55-47)44-27-24-34(31-52-44)32-23-26-41-39-19-9-8-17-37(39)38-18-10-11-20-40(38)42(41)29-32/h2-31,53H,1,50H2. The Morgan fingerprint density at radius 2 is 1.09 bits per heavy atom. The van der Waals surface area contributed by atoms with Gasteiger partial charge in [-0.2, -0.15) is 5.10 Å². The Bertz CT molecular complexity index is 2970. The van der Waals surface area contributed by atoms with Crippen molar-refractivity contribution in [3.8, 4) is 22.4 Å². The van der Waals surface area contributed by atoms with Crippen LogP contribution in [0.15, 0.2) is 192 Å². The first-order valence-corrected chi connectivity index (χ1v) is 18.3. The highest BCUT2D eigenvalue weighted by molar-refractivity contribution is 6.25. The van der Waals surface area contributed by atoms with Crippen LogP contribution in [0.4, 0.5) is 5.69 Å². The maximum absolute atomic E-state index is 7.51. The van der Waals surface area contributed by atoms with Crippen LogP contribution in [0.2, 0.25) is 0 Å². The number of nitrogens with one attached hydrogen (secondary N) is 1. The molecule has 0 amide bonds. The minimum atomic E-state index is -1.17. The molecule has 0 saturated heterocycles. The van der Waals surface area contributed by atoms with E-state index in [1.165, 1.54) is 32.3 Å². The van der Waals surface area contributed by atoms with Crippen molar-refractivity contribution in [2.75, 3.05) is 5.01 Å². The molecule has 8 aromatic carbocycles. The minimum Gasteiger partial charge on any atom is -0.456 e. The normalized spacial score (nSPS) is 11.8. The molecule has 0 atom stereocenters. The molecule has 55 heavy (non-hydrogen) atoms. The van der Waals surface area contributed by atoms with Crippen LogP contribution in [0.1, 0.15) is 11.1 Å². The molecule has 0 aliphatic carbocycles. The van der Waals surface area contributed by atoms with Gasteiger partial charge in [0.05, 0.1) is 16.8 Å². The van der Waals surface area contributed by atoms with Gasteiger partial charge in [-0.25, -0.2) is 10.5 Å². The highest BCUT2D eigenvalue weighted by Gasteiger charge is 2.38. The van der Waals surface area contributed by atoms with Crippen molar-refractivity contribution in [2.24, 2.45) is 10.8 Å². The van der Waals surface area contributed by atoms with Crippen molar-refractivity contribution >= 4 is 66.7 Å². The lowest BCUT2D eigenvalue weighted by Crippen LogP contribution is -2.59. The quantitative estimate of drug-likeness (QED) is 0.0710. The SMILES string of the molecule is C=NNN(c1cccc2oc3ccc(-c4ccc(-c5ccc6c7ccccc7c7ccccc7c6c5)cn4)cc3c12)C(N)(c1ccccc1)c1ccccc1. The second-order valence-electron chi connectivity index (χ2n) is 13.8. The van der Waals surface area contributed by atoms with Crippen LogP contribution in [0.25, 0.3) is 76.6 Å². The number of hydrazine groups is 1. The summed E-state index contributed by atoms with van der Waals surface area (Å²) < 4.78 is 6.44. The van der Waals surface area contributed by atoms with E-state index in [0.717, 1.165) is 61.1 Å². The number of hydrazone groups is 1. The molecule has 0 saturated carbocycles. The molecule has 6 heteroatoms. The van der Waals surface area contributed by atoms with E-state index in [9.17, 15) is 0 Å². The molecule has 0 unspecified atom stereocenters. The average molecular weight is 710 g/mol. The smallest absolute Gasteiger partial charge is 0.161 e. The zero-order chi connectivity index (χ0) is 36.9. The van der Waals surface area contributed by atoms with E-state index in [2.05, 4.69) is 108 Å². The number of hydrogen-bond donors (Lipinski definition) is 2. The first-order chi connectivity index (χ1) is 27.1. The summed E-state index contributed by atoms with van der Waals surface area (Å²) in [4.78, 5) is 5.00. The molecular formula is C49H35N5O. The van der Waals surface area contributed by atoms with Crippen LogP contribution in [0, 0.1) is 0 Å². The Morgan fingerprint density at radius 3 is 1.71 bits per heavy atom. The van der Waals surface area contributed by atoms with Crippen molar-refractivity contribution in [2.45, 2.75) is 5.66 Å². The van der Waals surface area contributed by atoms with Gasteiger partial charge >= 0.3 is 0 Å². The fourth-order valence-corrected chi connectivity index (χ4v) is 8.18. The maximum atomic E-state index is 7.51. The van der Waals surface area contributed by atoms with Gasteiger partial charge in [0, 0.05) is 29.4 Å². The van der Waals surface area contributed by atoms with Gasteiger partial charge < -0.3 is 4.42 Å². The number of hydrogen-bond acceptors (Lipinski definition) is 6. The minimum absolute atomic E-state index is 0.726. The number of aromatic nitrogens is 1. The lowest BCUT2D eigenvalue weighted by molar-refractivity contribution is 0.440. The van der Waals surface area contributed by atoms with E-state index in [0.29, 0.717) is 0 Å². The lowest BCUT2D eigenvalue weighted by Gasteiger charge is -2.42. The van der Waals surface area contributed by atoms with Crippen LogP contribution in [0.5, 0.6) is 0 Å². The van der Waals surface area contributed by atoms with Crippen molar-refractivity contribution in [1.82, 2.24) is 10.5 Å². The highest BCUT2D eigenvalue weighted by atomic mass is 16.3. The fourth-order valence-electron chi connectivity index (χ4n) is 8.18. The summed E-state index contributed by atoms with van der Waals surface area (Å²) in [6, 6.07) is 60.5. The Balaban J connectivity index is 1.07. The number of fused-ring (bicyclic) bond motifs is 9. The van der Waals surface area contributed by atoms with Gasteiger partial charge in [-0.1, -0.05) is 133 Å². The highest BCUT2D eigenvalue weighted by Crippen LogP contribution is 2.42. The van der Waals surface area contributed by atoms with Crippen molar-refractivity contribution in [3.05, 3.63) is 193 Å². The predicted molar refractivity (Wildman–Crippen MR) is 228 cm³/mol. The number of furan rings is 1. The molecule has 0 fully saturated rings. The van der Waals surface area contributed by atoms with Crippen molar-refractivity contribution in [3.63, 3.8) is 0 Å². The zero-order valence-electron chi connectivity index (χ0n) is 29.9. The van der Waals surface area contributed by atoms with E-state index in [1.54, 1.807) is 0 Å². The van der Waals surface area contributed by atoms with Gasteiger partial charge in [0.15, 0.2) is 5.66 Å². The summed E-state index contributed by atoms with van der Waals surface area (Å²) in [5.74, 6) is 0. The first-order valence-electron chi connectivity index (χ1n) is 18.3. The van der Waals surface area contributed by atoms with Crippen LogP contribution in [-0.4, -0.2) is 11.7 Å². The second-order valence-corrected chi connectivity index (χ2v) is 13.8. The monoisotopic (exact) mass is 709 g/mol. The molecule has 0 radical (unpaired) electrons. The summed E-state index contributed by atoms with van der Waals surface area (Å²) in [5.41, 5.74) is 17.5. The summed E-state index contributed by atoms with van der Waals surface area (Å²) >= 11 is 0. The summed E-state index contributed by atoms with van der Waals surface area (Å²) in [6.45, 7) is 3.79. The molecule has 0 aliphatic heterocycles. The van der Waals surface area contributed by atoms with Crippen LogP contribution in [0.3, 0.4) is 0 Å². The van der Waals surface area contributed by atoms with Gasteiger partial charge in [0.25, 0.3) is 0 Å². The summed E-state index contributed by atoms with van der Waals surface area (Å²) in [7, 11) is 0. The molecule has 2 heterocycles. The number of nitrogens with two attached hydrogens (primary N) is 1. The van der Waals surface area contributed by atoms with E-state index in [1.807, 2.05) is 96.1 Å². The molecule has 10 aromatic rings. The van der Waals surface area contributed by atoms with E-state index in [-0.39, 0.29) is 0 Å². The Morgan fingerprint density at radius 1 is 0.527 bits per heavy atom. The largest absolute Gasteiger partial charge is 0.456 e. The van der Waals surface area contributed by atoms with Gasteiger partial charge in [-0.05, 0) is 91.5 Å². The number of nitrogens with zero attached hydrogens (tertiary/aromatic N) is 3. The Kier molecular flexibility index (Phi) is 7.64. The van der Waals surface area contributed by atoms with Crippen LogP contribution in [-0.2, 0) is 5.66 Å². The number of pyridine rings is 1. The summed E-state index contributed by atoms with van der Waals surface area (Å²) in [5, 5.41) is 15.4. The first kappa shape index (κ1) is 32.4. The second kappa shape index (κ2) is 13.0. The Labute approximate surface area is 317 Å². The molecule has 3 N–H and O–H groups in total. The maximum Gasteiger partial charge on any atom is 0.161 e. The van der Waals surface area contributed by atoms with Gasteiger partial charge in [-0.3, -0.25) is 10.7 Å². The van der Waals surface area contributed by atoms with Crippen molar-refractivity contribution in [1.29, 1.82) is 0 Å².